The fraction of sp³-hybridized carbons (Fsp3) is 0.364. The number of amides is 2. The van der Waals surface area contributed by atoms with Gasteiger partial charge in [0.25, 0.3) is 0 Å². The lowest BCUT2D eigenvalue weighted by molar-refractivity contribution is -0.119. The number of hydrogen-bond acceptors (Lipinski definition) is 3. The second kappa shape index (κ2) is 9.22. The Labute approximate surface area is 171 Å². The zero-order valence-corrected chi connectivity index (χ0v) is 17.1. The van der Waals surface area contributed by atoms with Crippen LogP contribution in [0.4, 0.5) is 11.4 Å². The number of anilines is 2. The van der Waals surface area contributed by atoms with Gasteiger partial charge in [-0.1, -0.05) is 35.9 Å². The van der Waals surface area contributed by atoms with Crippen molar-refractivity contribution in [3.8, 4) is 0 Å². The number of nitrogens with one attached hydrogen (secondary N) is 2. The lowest BCUT2D eigenvalue weighted by Crippen LogP contribution is -2.37. The standard InChI is InChI=1S/C22H26ClN3O2/c1-15-7-8-16(2)20(13-15)25-22(28)14-26(17-9-10-17)12-11-21(27)24-19-6-4-3-5-18(19)23/h3-8,13,17H,9-12,14H2,1-2H3,(H,24,27)(H,25,28). The fourth-order valence-corrected chi connectivity index (χ4v) is 3.28. The number of aryl methyl sites for hydroxylation is 2. The number of benzene rings is 2. The maximum atomic E-state index is 12.5. The van der Waals surface area contributed by atoms with Crippen molar-refractivity contribution >= 4 is 34.8 Å². The van der Waals surface area contributed by atoms with E-state index in [2.05, 4.69) is 15.5 Å². The van der Waals surface area contributed by atoms with Crippen LogP contribution in [0.1, 0.15) is 30.4 Å². The molecular formula is C22H26ClN3O2. The monoisotopic (exact) mass is 399 g/mol. The lowest BCUT2D eigenvalue weighted by atomic mass is 10.1. The number of carbonyl (C=O) groups is 2. The van der Waals surface area contributed by atoms with Gasteiger partial charge in [-0.2, -0.15) is 0 Å². The average Bonchev–Trinajstić information content (AvgIpc) is 3.49. The summed E-state index contributed by atoms with van der Waals surface area (Å²) in [5.74, 6) is -0.152. The minimum atomic E-state index is -0.103. The molecular weight excluding hydrogens is 374 g/mol. The molecule has 3 rings (SSSR count). The molecule has 0 saturated heterocycles. The summed E-state index contributed by atoms with van der Waals surface area (Å²) in [6.45, 7) is 4.81. The number of rotatable bonds is 8. The van der Waals surface area contributed by atoms with Crippen LogP contribution in [0.15, 0.2) is 42.5 Å². The van der Waals surface area contributed by atoms with Gasteiger partial charge in [-0.25, -0.2) is 0 Å². The predicted octanol–water partition coefficient (Wildman–Crippen LogP) is 4.39. The second-order valence-corrected chi connectivity index (χ2v) is 7.75. The highest BCUT2D eigenvalue weighted by Gasteiger charge is 2.30. The number of hydrogen-bond donors (Lipinski definition) is 2. The molecule has 0 aliphatic heterocycles. The third-order valence-corrected chi connectivity index (χ3v) is 5.18. The van der Waals surface area contributed by atoms with E-state index in [4.69, 9.17) is 11.6 Å². The van der Waals surface area contributed by atoms with Crippen LogP contribution < -0.4 is 10.6 Å². The highest BCUT2D eigenvalue weighted by Crippen LogP contribution is 2.27. The molecule has 0 aromatic heterocycles. The van der Waals surface area contributed by atoms with Crippen molar-refractivity contribution in [2.75, 3.05) is 23.7 Å². The summed E-state index contributed by atoms with van der Waals surface area (Å²) in [7, 11) is 0. The van der Waals surface area contributed by atoms with Gasteiger partial charge < -0.3 is 10.6 Å². The van der Waals surface area contributed by atoms with Crippen LogP contribution in [-0.4, -0.2) is 35.8 Å². The second-order valence-electron chi connectivity index (χ2n) is 7.35. The molecule has 1 aliphatic rings. The molecule has 0 radical (unpaired) electrons. The lowest BCUT2D eigenvalue weighted by Gasteiger charge is -2.21. The van der Waals surface area contributed by atoms with Crippen LogP contribution in [-0.2, 0) is 9.59 Å². The Morgan fingerprint density at radius 3 is 2.46 bits per heavy atom. The molecule has 0 unspecified atom stereocenters. The van der Waals surface area contributed by atoms with E-state index in [1.807, 2.05) is 44.2 Å². The Balaban J connectivity index is 1.52. The van der Waals surface area contributed by atoms with Crippen LogP contribution in [0.5, 0.6) is 0 Å². The van der Waals surface area contributed by atoms with E-state index in [1.165, 1.54) is 0 Å². The van der Waals surface area contributed by atoms with Crippen molar-refractivity contribution in [3.05, 3.63) is 58.6 Å². The Morgan fingerprint density at radius 2 is 1.75 bits per heavy atom. The molecule has 28 heavy (non-hydrogen) atoms. The summed E-state index contributed by atoms with van der Waals surface area (Å²) in [6.07, 6.45) is 2.46. The van der Waals surface area contributed by atoms with Crippen molar-refractivity contribution in [2.45, 2.75) is 39.2 Å². The number of nitrogens with zero attached hydrogens (tertiary/aromatic N) is 1. The Bertz CT molecular complexity index is 865. The minimum absolute atomic E-state index is 0.0490. The molecule has 6 heteroatoms. The SMILES string of the molecule is Cc1ccc(C)c(NC(=O)CN(CCC(=O)Nc2ccccc2Cl)C2CC2)c1. The molecule has 2 amide bonds. The van der Waals surface area contributed by atoms with Gasteiger partial charge in [-0.05, 0) is 56.0 Å². The van der Waals surface area contributed by atoms with Gasteiger partial charge in [-0.3, -0.25) is 14.5 Å². The van der Waals surface area contributed by atoms with Crippen molar-refractivity contribution in [3.63, 3.8) is 0 Å². The minimum Gasteiger partial charge on any atom is -0.325 e. The van der Waals surface area contributed by atoms with Crippen LogP contribution in [0.25, 0.3) is 0 Å². The quantitative estimate of drug-likeness (QED) is 0.692. The van der Waals surface area contributed by atoms with Crippen molar-refractivity contribution in [2.24, 2.45) is 0 Å². The first-order chi connectivity index (χ1) is 13.4. The van der Waals surface area contributed by atoms with Crippen LogP contribution in [0.3, 0.4) is 0 Å². The van der Waals surface area contributed by atoms with Gasteiger partial charge in [-0.15, -0.1) is 0 Å². The third-order valence-electron chi connectivity index (χ3n) is 4.85. The van der Waals surface area contributed by atoms with Gasteiger partial charge in [0.05, 0.1) is 17.3 Å². The summed E-state index contributed by atoms with van der Waals surface area (Å²) in [5, 5.41) is 6.35. The molecule has 1 saturated carbocycles. The average molecular weight is 400 g/mol. The van der Waals surface area contributed by atoms with Gasteiger partial charge in [0, 0.05) is 24.7 Å². The molecule has 0 heterocycles. The first-order valence-electron chi connectivity index (χ1n) is 9.58. The maximum Gasteiger partial charge on any atom is 0.238 e. The normalized spacial score (nSPS) is 13.4. The summed E-state index contributed by atoms with van der Waals surface area (Å²) in [4.78, 5) is 26.9. The highest BCUT2D eigenvalue weighted by atomic mass is 35.5. The fourth-order valence-electron chi connectivity index (χ4n) is 3.10. The van der Waals surface area contributed by atoms with Crippen molar-refractivity contribution < 1.29 is 9.59 Å². The van der Waals surface area contributed by atoms with Crippen molar-refractivity contribution in [1.29, 1.82) is 0 Å². The first kappa shape index (κ1) is 20.4. The predicted molar refractivity (Wildman–Crippen MR) is 114 cm³/mol. The Hall–Kier alpha value is -2.37. The van der Waals surface area contributed by atoms with E-state index in [0.29, 0.717) is 29.7 Å². The molecule has 0 bridgehead atoms. The Morgan fingerprint density at radius 1 is 1.04 bits per heavy atom. The molecule has 1 fully saturated rings. The van der Waals surface area contributed by atoms with E-state index in [1.54, 1.807) is 12.1 Å². The smallest absolute Gasteiger partial charge is 0.238 e. The van der Waals surface area contributed by atoms with E-state index in [0.717, 1.165) is 29.7 Å². The molecule has 5 nitrogen and oxygen atoms in total. The van der Waals surface area contributed by atoms with E-state index in [9.17, 15) is 9.59 Å². The van der Waals surface area contributed by atoms with Gasteiger partial charge in [0.2, 0.25) is 11.8 Å². The summed E-state index contributed by atoms with van der Waals surface area (Å²) in [5.41, 5.74) is 3.60. The molecule has 148 valence electrons. The molecule has 1 aliphatic carbocycles. The van der Waals surface area contributed by atoms with Gasteiger partial charge in [0.1, 0.15) is 0 Å². The number of para-hydroxylation sites is 1. The van der Waals surface area contributed by atoms with Crippen LogP contribution in [0, 0.1) is 13.8 Å². The Kier molecular flexibility index (Phi) is 6.70. The number of carbonyl (C=O) groups excluding carboxylic acids is 2. The van der Waals surface area contributed by atoms with Crippen molar-refractivity contribution in [1.82, 2.24) is 4.90 Å². The largest absolute Gasteiger partial charge is 0.325 e. The van der Waals surface area contributed by atoms with Crippen LogP contribution >= 0.6 is 11.6 Å². The highest BCUT2D eigenvalue weighted by molar-refractivity contribution is 6.33. The molecule has 2 aromatic rings. The molecule has 2 aromatic carbocycles. The molecule has 0 spiro atoms. The van der Waals surface area contributed by atoms with Gasteiger partial charge in [0.15, 0.2) is 0 Å². The van der Waals surface area contributed by atoms with E-state index in [-0.39, 0.29) is 18.4 Å². The van der Waals surface area contributed by atoms with E-state index >= 15 is 0 Å². The zero-order chi connectivity index (χ0) is 20.1. The summed E-state index contributed by atoms with van der Waals surface area (Å²) < 4.78 is 0. The number of halogens is 1. The maximum absolute atomic E-state index is 12.5. The summed E-state index contributed by atoms with van der Waals surface area (Å²) in [6, 6.07) is 13.6. The van der Waals surface area contributed by atoms with Crippen LogP contribution in [0.2, 0.25) is 5.02 Å². The topological polar surface area (TPSA) is 61.4 Å². The third kappa shape index (κ3) is 5.81. The zero-order valence-electron chi connectivity index (χ0n) is 16.3. The molecule has 2 N–H and O–H groups in total. The summed E-state index contributed by atoms with van der Waals surface area (Å²) >= 11 is 6.08. The molecule has 0 atom stereocenters. The van der Waals surface area contributed by atoms with E-state index < -0.39 is 0 Å². The van der Waals surface area contributed by atoms with Gasteiger partial charge >= 0.3 is 0 Å². The first-order valence-corrected chi connectivity index (χ1v) is 9.95.